The molecule has 1 atom stereocenters. The number of allylic oxidation sites excluding steroid dienone is 1. The summed E-state index contributed by atoms with van der Waals surface area (Å²) in [6, 6.07) is 20.5. The van der Waals surface area contributed by atoms with Gasteiger partial charge in [0, 0.05) is 17.2 Å². The number of methoxy groups -OCH3 is 1. The highest BCUT2D eigenvalue weighted by molar-refractivity contribution is 7.07. The van der Waals surface area contributed by atoms with Crippen LogP contribution in [0.4, 0.5) is 0 Å². The predicted molar refractivity (Wildman–Crippen MR) is 162 cm³/mol. The average Bonchev–Trinajstić information content (AvgIpc) is 3.59. The molecule has 1 N–H and O–H groups in total. The lowest BCUT2D eigenvalue weighted by Crippen LogP contribution is -2.40. The van der Waals surface area contributed by atoms with Crippen LogP contribution in [0.25, 0.3) is 28.2 Å². The molecule has 9 nitrogen and oxygen atoms in total. The molecule has 5 aromatic rings. The van der Waals surface area contributed by atoms with Crippen LogP contribution in [0.1, 0.15) is 41.6 Å². The maximum atomic E-state index is 14.1. The standard InChI is InChI=1S/C33H26N2O7S/c1-4-41-32(39)27-18(2)34-33-35(29(27)28-21-10-6-5-9-19(21)13-15-25(28)40-3)30(36)26(43-33)17-20-14-16-24(42-20)22-11-7-8-12-23(22)31(37)38/h5-17,29H,4H2,1-3H3,(H,37,38)/b26-17-/t29-/m0/s1. The zero-order valence-corrected chi connectivity index (χ0v) is 24.3. The van der Waals surface area contributed by atoms with Crippen molar-refractivity contribution < 1.29 is 28.6 Å². The summed E-state index contributed by atoms with van der Waals surface area (Å²) in [5.41, 5.74) is 1.50. The fourth-order valence-corrected chi connectivity index (χ4v) is 6.42. The van der Waals surface area contributed by atoms with Crippen LogP contribution >= 0.6 is 11.3 Å². The van der Waals surface area contributed by atoms with Crippen LogP contribution in [0.3, 0.4) is 0 Å². The lowest BCUT2D eigenvalue weighted by molar-refractivity contribution is -0.139. The molecule has 3 aromatic carbocycles. The zero-order chi connectivity index (χ0) is 30.2. The van der Waals surface area contributed by atoms with Gasteiger partial charge in [-0.3, -0.25) is 9.36 Å². The van der Waals surface area contributed by atoms with Gasteiger partial charge in [0.05, 0.1) is 35.1 Å². The number of hydrogen-bond acceptors (Lipinski definition) is 8. The molecular weight excluding hydrogens is 568 g/mol. The fraction of sp³-hybridized carbons (Fsp3) is 0.152. The summed E-state index contributed by atoms with van der Waals surface area (Å²) in [7, 11) is 1.55. The maximum absolute atomic E-state index is 14.1. The van der Waals surface area contributed by atoms with Gasteiger partial charge in [-0.05, 0) is 48.9 Å². The second kappa shape index (κ2) is 11.2. The number of carboxylic acid groups (broad SMARTS) is 1. The molecule has 0 fully saturated rings. The Morgan fingerprint density at radius 3 is 2.60 bits per heavy atom. The van der Waals surface area contributed by atoms with E-state index in [2.05, 4.69) is 4.99 Å². The highest BCUT2D eigenvalue weighted by atomic mass is 32.1. The number of esters is 1. The van der Waals surface area contributed by atoms with Gasteiger partial charge in [-0.15, -0.1) is 0 Å². The van der Waals surface area contributed by atoms with Crippen molar-refractivity contribution >= 4 is 40.1 Å². The molecule has 43 heavy (non-hydrogen) atoms. The van der Waals surface area contributed by atoms with Crippen LogP contribution in [-0.2, 0) is 9.53 Å². The summed E-state index contributed by atoms with van der Waals surface area (Å²) in [5, 5.41) is 11.3. The van der Waals surface area contributed by atoms with E-state index in [1.807, 2.05) is 36.4 Å². The third-order valence-electron chi connectivity index (χ3n) is 7.26. The molecule has 0 bridgehead atoms. The lowest BCUT2D eigenvalue weighted by Gasteiger charge is -2.27. The molecular formula is C33H26N2O7S. The van der Waals surface area contributed by atoms with Crippen LogP contribution in [0.2, 0.25) is 0 Å². The van der Waals surface area contributed by atoms with Crippen LogP contribution < -0.4 is 19.6 Å². The first-order chi connectivity index (χ1) is 20.8. The van der Waals surface area contributed by atoms with Crippen molar-refractivity contribution in [2.24, 2.45) is 4.99 Å². The number of aromatic carboxylic acids is 1. The molecule has 6 rings (SSSR count). The Balaban J connectivity index is 1.56. The first kappa shape index (κ1) is 27.9. The van der Waals surface area contributed by atoms with Crippen molar-refractivity contribution in [2.45, 2.75) is 19.9 Å². The summed E-state index contributed by atoms with van der Waals surface area (Å²) in [5.74, 6) is -0.399. The molecule has 1 aliphatic heterocycles. The molecule has 10 heteroatoms. The topological polar surface area (TPSA) is 120 Å². The van der Waals surface area contributed by atoms with Gasteiger partial charge in [-0.25, -0.2) is 14.6 Å². The Morgan fingerprint density at radius 1 is 1.07 bits per heavy atom. The van der Waals surface area contributed by atoms with Crippen molar-refractivity contribution in [3.63, 3.8) is 0 Å². The first-order valence-electron chi connectivity index (χ1n) is 13.5. The second-order valence-corrected chi connectivity index (χ2v) is 10.8. The fourth-order valence-electron chi connectivity index (χ4n) is 5.39. The number of rotatable bonds is 7. The number of carbonyl (C=O) groups excluding carboxylic acids is 1. The number of benzene rings is 3. The van der Waals surface area contributed by atoms with E-state index in [-0.39, 0.29) is 23.3 Å². The quantitative estimate of drug-likeness (QED) is 0.266. The SMILES string of the molecule is CCOC(=O)C1=C(C)N=c2s/c(=C\c3ccc(-c4ccccc4C(=O)O)o3)c(=O)n2[C@@H]1c1c(OC)ccc2ccccc12. The van der Waals surface area contributed by atoms with Crippen LogP contribution in [-0.4, -0.2) is 35.3 Å². The lowest BCUT2D eigenvalue weighted by atomic mass is 9.90. The van der Waals surface area contributed by atoms with E-state index in [0.29, 0.717) is 43.4 Å². The Labute approximate surface area is 249 Å². The summed E-state index contributed by atoms with van der Waals surface area (Å²) in [6.45, 7) is 3.61. The molecule has 216 valence electrons. The zero-order valence-electron chi connectivity index (χ0n) is 23.5. The van der Waals surface area contributed by atoms with E-state index < -0.39 is 18.0 Å². The van der Waals surface area contributed by atoms with Crippen LogP contribution in [0.5, 0.6) is 5.75 Å². The number of ether oxygens (including phenoxy) is 2. The molecule has 0 aliphatic carbocycles. The van der Waals surface area contributed by atoms with E-state index in [0.717, 1.165) is 10.8 Å². The minimum atomic E-state index is -1.07. The average molecular weight is 595 g/mol. The van der Waals surface area contributed by atoms with Gasteiger partial charge in [0.2, 0.25) is 0 Å². The van der Waals surface area contributed by atoms with Gasteiger partial charge in [0.15, 0.2) is 4.80 Å². The van der Waals surface area contributed by atoms with E-state index in [9.17, 15) is 19.5 Å². The minimum absolute atomic E-state index is 0.105. The van der Waals surface area contributed by atoms with Gasteiger partial charge in [-0.2, -0.15) is 0 Å². The number of furan rings is 1. The molecule has 2 aromatic heterocycles. The summed E-state index contributed by atoms with van der Waals surface area (Å²) in [6.07, 6.45) is 1.59. The molecule has 0 radical (unpaired) electrons. The number of thiazole rings is 1. The van der Waals surface area contributed by atoms with Gasteiger partial charge in [-0.1, -0.05) is 59.9 Å². The first-order valence-corrected chi connectivity index (χ1v) is 14.3. The second-order valence-electron chi connectivity index (χ2n) is 9.76. The molecule has 0 amide bonds. The van der Waals surface area contributed by atoms with Crippen molar-refractivity contribution in [2.75, 3.05) is 13.7 Å². The smallest absolute Gasteiger partial charge is 0.338 e. The van der Waals surface area contributed by atoms with Gasteiger partial charge in [0.25, 0.3) is 5.56 Å². The molecule has 0 saturated heterocycles. The largest absolute Gasteiger partial charge is 0.496 e. The normalized spacial score (nSPS) is 14.9. The Bertz CT molecular complexity index is 2130. The van der Waals surface area contributed by atoms with Gasteiger partial charge >= 0.3 is 11.9 Å². The monoisotopic (exact) mass is 594 g/mol. The third-order valence-corrected chi connectivity index (χ3v) is 8.25. The molecule has 1 aliphatic rings. The van der Waals surface area contributed by atoms with Crippen molar-refractivity contribution in [3.8, 4) is 17.1 Å². The third kappa shape index (κ3) is 4.85. The number of aromatic nitrogens is 1. The Hall–Kier alpha value is -5.22. The van der Waals surface area contributed by atoms with Crippen molar-refractivity contribution in [3.05, 3.63) is 121 Å². The number of fused-ring (bicyclic) bond motifs is 2. The van der Waals surface area contributed by atoms with Gasteiger partial charge < -0.3 is 19.0 Å². The highest BCUT2D eigenvalue weighted by Gasteiger charge is 2.36. The Morgan fingerprint density at radius 2 is 1.84 bits per heavy atom. The minimum Gasteiger partial charge on any atom is -0.496 e. The van der Waals surface area contributed by atoms with Crippen molar-refractivity contribution in [1.82, 2.24) is 4.57 Å². The van der Waals surface area contributed by atoms with E-state index in [4.69, 9.17) is 13.9 Å². The summed E-state index contributed by atoms with van der Waals surface area (Å²) in [4.78, 5) is 44.3. The molecule has 3 heterocycles. The number of carboxylic acids is 1. The summed E-state index contributed by atoms with van der Waals surface area (Å²) < 4.78 is 19.0. The number of hydrogen-bond donors (Lipinski definition) is 1. The maximum Gasteiger partial charge on any atom is 0.338 e. The van der Waals surface area contributed by atoms with E-state index >= 15 is 0 Å². The molecule has 0 unspecified atom stereocenters. The molecule has 0 spiro atoms. The van der Waals surface area contributed by atoms with Crippen LogP contribution in [0.15, 0.2) is 98.3 Å². The van der Waals surface area contributed by atoms with E-state index in [1.165, 1.54) is 22.0 Å². The van der Waals surface area contributed by atoms with Crippen LogP contribution in [0, 0.1) is 0 Å². The Kier molecular flexibility index (Phi) is 7.29. The highest BCUT2D eigenvalue weighted by Crippen LogP contribution is 2.40. The number of carbonyl (C=O) groups is 2. The van der Waals surface area contributed by atoms with Crippen molar-refractivity contribution in [1.29, 1.82) is 0 Å². The number of nitrogens with zero attached hydrogens (tertiary/aromatic N) is 2. The van der Waals surface area contributed by atoms with Gasteiger partial charge in [0.1, 0.15) is 23.3 Å². The summed E-state index contributed by atoms with van der Waals surface area (Å²) >= 11 is 1.17. The predicted octanol–water partition coefficient (Wildman–Crippen LogP) is 4.92. The van der Waals surface area contributed by atoms with E-state index in [1.54, 1.807) is 57.4 Å². The molecule has 0 saturated carbocycles.